The van der Waals surface area contributed by atoms with E-state index >= 15 is 0 Å². The van der Waals surface area contributed by atoms with Gasteiger partial charge in [0.05, 0.1) is 23.7 Å². The summed E-state index contributed by atoms with van der Waals surface area (Å²) in [6, 6.07) is 15.4. The highest BCUT2D eigenvalue weighted by atomic mass is 19.4. The van der Waals surface area contributed by atoms with Crippen LogP contribution in [-0.2, 0) is 6.18 Å². The molecule has 4 rings (SSSR count). The molecular weight excluding hydrogens is 439 g/mol. The maximum absolute atomic E-state index is 13.3. The number of anilines is 1. The summed E-state index contributed by atoms with van der Waals surface area (Å²) < 4.78 is 50.8. The third-order valence-corrected chi connectivity index (χ3v) is 4.74. The number of alkyl halides is 3. The monoisotopic (exact) mass is 455 g/mol. The van der Waals surface area contributed by atoms with Gasteiger partial charge in [-0.25, -0.2) is 5.10 Å². The number of aromatic nitrogens is 2. The lowest BCUT2D eigenvalue weighted by atomic mass is 10.1. The van der Waals surface area contributed by atoms with Crippen LogP contribution in [0, 0.1) is 0 Å². The highest BCUT2D eigenvalue weighted by Crippen LogP contribution is 2.37. The van der Waals surface area contributed by atoms with Crippen LogP contribution in [0.4, 0.5) is 18.9 Å². The second kappa shape index (κ2) is 8.65. The van der Waals surface area contributed by atoms with E-state index in [1.54, 1.807) is 36.4 Å². The lowest BCUT2D eigenvalue weighted by Gasteiger charge is -2.16. The van der Waals surface area contributed by atoms with Crippen molar-refractivity contribution in [3.63, 3.8) is 0 Å². The zero-order valence-corrected chi connectivity index (χ0v) is 17.1. The first-order valence-corrected chi connectivity index (χ1v) is 9.58. The number of methoxy groups -OCH3 is 1. The normalized spacial score (nSPS) is 11.3. The zero-order valence-electron chi connectivity index (χ0n) is 17.1. The number of fused-ring (bicyclic) bond motifs is 1. The molecule has 1 amide bonds. The maximum atomic E-state index is 13.3. The Morgan fingerprint density at radius 3 is 2.42 bits per heavy atom. The van der Waals surface area contributed by atoms with Crippen LogP contribution in [0.25, 0.3) is 10.8 Å². The minimum atomic E-state index is -4.64. The van der Waals surface area contributed by atoms with Gasteiger partial charge in [0.15, 0.2) is 11.4 Å². The summed E-state index contributed by atoms with van der Waals surface area (Å²) in [6.07, 6.45) is -4.64. The Hall–Kier alpha value is -4.34. The molecule has 0 radical (unpaired) electrons. The summed E-state index contributed by atoms with van der Waals surface area (Å²) in [5, 5.41) is 8.89. The van der Waals surface area contributed by atoms with Gasteiger partial charge in [-0.2, -0.15) is 18.3 Å². The number of hydrogen-bond donors (Lipinski definition) is 2. The Morgan fingerprint density at radius 1 is 0.970 bits per heavy atom. The molecule has 0 saturated heterocycles. The van der Waals surface area contributed by atoms with Crippen LogP contribution < -0.4 is 20.3 Å². The number of H-pyrrole nitrogens is 1. The van der Waals surface area contributed by atoms with Crippen LogP contribution in [0.5, 0.6) is 17.2 Å². The molecule has 1 heterocycles. The van der Waals surface area contributed by atoms with Crippen molar-refractivity contribution in [2.45, 2.75) is 6.18 Å². The average molecular weight is 455 g/mol. The van der Waals surface area contributed by atoms with E-state index in [0.717, 1.165) is 18.2 Å². The van der Waals surface area contributed by atoms with E-state index < -0.39 is 23.2 Å². The number of rotatable bonds is 5. The van der Waals surface area contributed by atoms with E-state index in [4.69, 9.17) is 9.47 Å². The van der Waals surface area contributed by atoms with Crippen LogP contribution >= 0.6 is 0 Å². The number of nitrogens with one attached hydrogen (secondary N) is 2. The Bertz CT molecular complexity index is 1400. The summed E-state index contributed by atoms with van der Waals surface area (Å²) in [5.74, 6) is -0.0817. The standard InChI is InChI=1S/C23H16F3N3O4/c1-32-14-5-4-6-15(12-14)33-19-10-9-13(23(24,25)26)11-18(19)27-22(31)20-16-7-2-3-8-17(16)21(30)29-28-20/h2-12H,1H3,(H,27,31)(H,29,30). The molecule has 0 atom stereocenters. The quantitative estimate of drug-likeness (QED) is 0.442. The van der Waals surface area contributed by atoms with Crippen LogP contribution in [0.15, 0.2) is 71.5 Å². The zero-order chi connectivity index (χ0) is 23.6. The SMILES string of the molecule is COc1cccc(Oc2ccc(C(F)(F)F)cc2NC(=O)c2n[nH]c(=O)c3ccccc23)c1. The van der Waals surface area contributed by atoms with E-state index in [1.165, 1.54) is 19.2 Å². The van der Waals surface area contributed by atoms with Crippen molar-refractivity contribution in [2.75, 3.05) is 12.4 Å². The van der Waals surface area contributed by atoms with Crippen molar-refractivity contribution in [2.24, 2.45) is 0 Å². The van der Waals surface area contributed by atoms with Crippen molar-refractivity contribution >= 4 is 22.4 Å². The molecule has 0 saturated carbocycles. The number of halogens is 3. The number of nitrogens with zero attached hydrogens (tertiary/aromatic N) is 1. The number of aromatic amines is 1. The fourth-order valence-electron chi connectivity index (χ4n) is 3.15. The topological polar surface area (TPSA) is 93.3 Å². The molecule has 0 aliphatic heterocycles. The molecule has 168 valence electrons. The Morgan fingerprint density at radius 2 is 1.70 bits per heavy atom. The van der Waals surface area contributed by atoms with Gasteiger partial charge in [0, 0.05) is 11.5 Å². The molecule has 0 aliphatic rings. The lowest BCUT2D eigenvalue weighted by Crippen LogP contribution is -2.20. The smallest absolute Gasteiger partial charge is 0.416 e. The molecular formula is C23H16F3N3O4. The average Bonchev–Trinajstić information content (AvgIpc) is 2.80. The third-order valence-electron chi connectivity index (χ3n) is 4.74. The molecule has 33 heavy (non-hydrogen) atoms. The highest BCUT2D eigenvalue weighted by molar-refractivity contribution is 6.11. The minimum absolute atomic E-state index is 0.0293. The number of carbonyl (C=O) groups excluding carboxylic acids is 1. The summed E-state index contributed by atoms with van der Waals surface area (Å²) in [6.45, 7) is 0. The van der Waals surface area contributed by atoms with E-state index in [2.05, 4.69) is 15.5 Å². The molecule has 0 fully saturated rings. The van der Waals surface area contributed by atoms with Gasteiger partial charge in [-0.1, -0.05) is 24.3 Å². The molecule has 10 heteroatoms. The summed E-state index contributed by atoms with van der Waals surface area (Å²) >= 11 is 0. The van der Waals surface area contributed by atoms with Crippen LogP contribution in [0.1, 0.15) is 16.1 Å². The fraction of sp³-hybridized carbons (Fsp3) is 0.0870. The van der Waals surface area contributed by atoms with Crippen molar-refractivity contribution in [3.05, 3.63) is 88.3 Å². The van der Waals surface area contributed by atoms with Crippen molar-refractivity contribution in [1.82, 2.24) is 10.2 Å². The number of hydrogen-bond acceptors (Lipinski definition) is 5. The van der Waals surface area contributed by atoms with Gasteiger partial charge in [0.2, 0.25) is 0 Å². The van der Waals surface area contributed by atoms with E-state index in [9.17, 15) is 22.8 Å². The van der Waals surface area contributed by atoms with Gasteiger partial charge >= 0.3 is 6.18 Å². The molecule has 4 aromatic rings. The Balaban J connectivity index is 1.74. The maximum Gasteiger partial charge on any atom is 0.416 e. The molecule has 0 bridgehead atoms. The van der Waals surface area contributed by atoms with Crippen molar-refractivity contribution in [1.29, 1.82) is 0 Å². The molecule has 1 aromatic heterocycles. The Labute approximate surface area is 184 Å². The van der Waals surface area contributed by atoms with Gasteiger partial charge in [-0.05, 0) is 36.4 Å². The molecule has 0 spiro atoms. The molecule has 2 N–H and O–H groups in total. The largest absolute Gasteiger partial charge is 0.497 e. The van der Waals surface area contributed by atoms with Crippen molar-refractivity contribution in [3.8, 4) is 17.2 Å². The first kappa shape index (κ1) is 21.9. The van der Waals surface area contributed by atoms with Crippen LogP contribution in [0.3, 0.4) is 0 Å². The van der Waals surface area contributed by atoms with Gasteiger partial charge in [0.1, 0.15) is 11.5 Å². The number of ether oxygens (including phenoxy) is 2. The highest BCUT2D eigenvalue weighted by Gasteiger charge is 2.31. The third kappa shape index (κ3) is 4.64. The first-order valence-electron chi connectivity index (χ1n) is 9.58. The van der Waals surface area contributed by atoms with E-state index in [-0.39, 0.29) is 33.7 Å². The summed E-state index contributed by atoms with van der Waals surface area (Å²) in [5.41, 5.74) is -1.86. The van der Waals surface area contributed by atoms with Gasteiger partial charge in [0.25, 0.3) is 11.5 Å². The molecule has 3 aromatic carbocycles. The van der Waals surface area contributed by atoms with Gasteiger partial charge in [-0.15, -0.1) is 0 Å². The predicted molar refractivity (Wildman–Crippen MR) is 115 cm³/mol. The number of amides is 1. The number of carbonyl (C=O) groups is 1. The van der Waals surface area contributed by atoms with Crippen LogP contribution in [-0.4, -0.2) is 23.2 Å². The number of benzene rings is 3. The fourth-order valence-corrected chi connectivity index (χ4v) is 3.15. The summed E-state index contributed by atoms with van der Waals surface area (Å²) in [7, 11) is 1.46. The molecule has 0 unspecified atom stereocenters. The van der Waals surface area contributed by atoms with Crippen molar-refractivity contribution < 1.29 is 27.4 Å². The van der Waals surface area contributed by atoms with E-state index in [0.29, 0.717) is 5.75 Å². The first-order chi connectivity index (χ1) is 15.8. The predicted octanol–water partition coefficient (Wildman–Crippen LogP) is 5.00. The lowest BCUT2D eigenvalue weighted by molar-refractivity contribution is -0.137. The second-order valence-corrected chi connectivity index (χ2v) is 6.89. The Kier molecular flexibility index (Phi) is 5.74. The summed E-state index contributed by atoms with van der Waals surface area (Å²) in [4.78, 5) is 24.9. The molecule has 0 aliphatic carbocycles. The van der Waals surface area contributed by atoms with Crippen LogP contribution in [0.2, 0.25) is 0 Å². The van der Waals surface area contributed by atoms with Gasteiger partial charge < -0.3 is 14.8 Å². The molecule has 7 nitrogen and oxygen atoms in total. The van der Waals surface area contributed by atoms with E-state index in [1.807, 2.05) is 0 Å². The minimum Gasteiger partial charge on any atom is -0.497 e. The van der Waals surface area contributed by atoms with Gasteiger partial charge in [-0.3, -0.25) is 9.59 Å². The second-order valence-electron chi connectivity index (χ2n) is 6.89.